The van der Waals surface area contributed by atoms with Crippen molar-refractivity contribution < 1.29 is 12.8 Å². The Kier molecular flexibility index (Phi) is 6.22. The van der Waals surface area contributed by atoms with Crippen LogP contribution in [0.5, 0.6) is 0 Å². The first-order chi connectivity index (χ1) is 16.3. The third-order valence-electron chi connectivity index (χ3n) is 6.46. The zero-order valence-electron chi connectivity index (χ0n) is 19.1. The molecule has 178 valence electrons. The molecule has 1 saturated heterocycles. The number of hydrogen-bond donors (Lipinski definition) is 1. The maximum absolute atomic E-state index is 14.0. The highest BCUT2D eigenvalue weighted by Crippen LogP contribution is 2.26. The number of benzene rings is 2. The first kappa shape index (κ1) is 22.7. The van der Waals surface area contributed by atoms with E-state index < -0.39 is 9.84 Å². The Morgan fingerprint density at radius 1 is 1.12 bits per heavy atom. The van der Waals surface area contributed by atoms with E-state index in [9.17, 15) is 12.8 Å². The minimum Gasteiger partial charge on any atom is -0.342 e. The SMILES string of the molecule is CS(=O)(=O)CCN1CCC(n2ccc(-c3ccc4nc(Cc5ccccc5F)[nH]c4c3)n2)CC1. The van der Waals surface area contributed by atoms with Crippen molar-refractivity contribution in [3.63, 3.8) is 0 Å². The molecule has 1 N–H and O–H groups in total. The van der Waals surface area contributed by atoms with Gasteiger partial charge in [0.05, 0.1) is 28.5 Å². The van der Waals surface area contributed by atoms with Gasteiger partial charge in [0.15, 0.2) is 0 Å². The van der Waals surface area contributed by atoms with Crippen LogP contribution in [-0.2, 0) is 16.3 Å². The highest BCUT2D eigenvalue weighted by Gasteiger charge is 2.22. The second kappa shape index (κ2) is 9.31. The van der Waals surface area contributed by atoms with Crippen LogP contribution in [0.2, 0.25) is 0 Å². The lowest BCUT2D eigenvalue weighted by molar-refractivity contribution is 0.188. The molecule has 4 aromatic rings. The molecule has 1 aliphatic heterocycles. The Balaban J connectivity index is 1.26. The standard InChI is InChI=1S/C25H28FN5O2S/c1-34(32,33)15-14-30-11-8-20(9-12-30)31-13-10-22(29-31)19-6-7-23-24(16-19)28-25(27-23)17-18-4-2-3-5-21(18)26/h2-7,10,13,16,20H,8-9,11-12,14-15,17H2,1H3,(H,27,28). The average Bonchev–Trinajstić information content (AvgIpc) is 3.45. The quantitative estimate of drug-likeness (QED) is 0.434. The van der Waals surface area contributed by atoms with Crippen molar-refractivity contribution >= 4 is 20.9 Å². The predicted molar refractivity (Wildman–Crippen MR) is 131 cm³/mol. The third-order valence-corrected chi connectivity index (χ3v) is 7.38. The number of sulfone groups is 1. The van der Waals surface area contributed by atoms with E-state index in [0.717, 1.165) is 54.0 Å². The molecule has 3 heterocycles. The number of nitrogens with zero attached hydrogens (tertiary/aromatic N) is 4. The summed E-state index contributed by atoms with van der Waals surface area (Å²) < 4.78 is 38.9. The largest absolute Gasteiger partial charge is 0.342 e. The summed E-state index contributed by atoms with van der Waals surface area (Å²) in [5, 5.41) is 4.83. The second-order valence-electron chi connectivity index (χ2n) is 9.07. The Labute approximate surface area is 198 Å². The highest BCUT2D eigenvalue weighted by molar-refractivity contribution is 7.90. The molecule has 0 radical (unpaired) electrons. The van der Waals surface area contributed by atoms with Crippen molar-refractivity contribution in [1.29, 1.82) is 0 Å². The molecule has 0 bridgehead atoms. The molecule has 1 aliphatic rings. The molecular formula is C25H28FN5O2S. The molecule has 9 heteroatoms. The average molecular weight is 482 g/mol. The van der Waals surface area contributed by atoms with E-state index >= 15 is 0 Å². The first-order valence-electron chi connectivity index (χ1n) is 11.5. The monoisotopic (exact) mass is 481 g/mol. The molecule has 7 nitrogen and oxygen atoms in total. The number of aromatic nitrogens is 4. The predicted octanol–water partition coefficient (Wildman–Crippen LogP) is 3.84. The topological polar surface area (TPSA) is 83.9 Å². The molecular weight excluding hydrogens is 453 g/mol. The van der Waals surface area contributed by atoms with Gasteiger partial charge in [-0.1, -0.05) is 24.3 Å². The van der Waals surface area contributed by atoms with Gasteiger partial charge in [-0.2, -0.15) is 5.10 Å². The Morgan fingerprint density at radius 3 is 2.68 bits per heavy atom. The molecule has 34 heavy (non-hydrogen) atoms. The van der Waals surface area contributed by atoms with Crippen molar-refractivity contribution in [2.45, 2.75) is 25.3 Å². The van der Waals surface area contributed by atoms with E-state index in [1.807, 2.05) is 41.2 Å². The van der Waals surface area contributed by atoms with E-state index in [4.69, 9.17) is 5.10 Å². The smallest absolute Gasteiger partial charge is 0.148 e. The first-order valence-corrected chi connectivity index (χ1v) is 13.6. The maximum Gasteiger partial charge on any atom is 0.148 e. The normalized spacial score (nSPS) is 15.8. The molecule has 0 aliphatic carbocycles. The minimum atomic E-state index is -2.93. The van der Waals surface area contributed by atoms with Crippen LogP contribution >= 0.6 is 0 Å². The van der Waals surface area contributed by atoms with Gasteiger partial charge in [0, 0.05) is 44.1 Å². The molecule has 0 atom stereocenters. The number of nitrogens with one attached hydrogen (secondary N) is 1. The fourth-order valence-electron chi connectivity index (χ4n) is 4.53. The van der Waals surface area contributed by atoms with Gasteiger partial charge in [0.2, 0.25) is 0 Å². The van der Waals surface area contributed by atoms with Crippen molar-refractivity contribution in [2.24, 2.45) is 0 Å². The van der Waals surface area contributed by atoms with Crippen LogP contribution in [0.3, 0.4) is 0 Å². The zero-order valence-corrected chi connectivity index (χ0v) is 19.9. The van der Waals surface area contributed by atoms with E-state index in [2.05, 4.69) is 14.9 Å². The van der Waals surface area contributed by atoms with E-state index in [1.165, 1.54) is 12.3 Å². The van der Waals surface area contributed by atoms with Crippen molar-refractivity contribution in [3.05, 3.63) is 71.9 Å². The van der Waals surface area contributed by atoms with Crippen molar-refractivity contribution in [3.8, 4) is 11.3 Å². The summed E-state index contributed by atoms with van der Waals surface area (Å²) in [6, 6.07) is 15.1. The van der Waals surface area contributed by atoms with E-state index in [1.54, 1.807) is 12.1 Å². The van der Waals surface area contributed by atoms with Crippen LogP contribution in [0.4, 0.5) is 4.39 Å². The lowest BCUT2D eigenvalue weighted by Gasteiger charge is -2.31. The van der Waals surface area contributed by atoms with E-state index in [-0.39, 0.29) is 11.6 Å². The van der Waals surface area contributed by atoms with Crippen molar-refractivity contribution in [1.82, 2.24) is 24.6 Å². The zero-order chi connectivity index (χ0) is 23.7. The second-order valence-corrected chi connectivity index (χ2v) is 11.3. The van der Waals surface area contributed by atoms with Gasteiger partial charge in [-0.25, -0.2) is 17.8 Å². The molecule has 0 amide bonds. The molecule has 2 aromatic carbocycles. The molecule has 0 spiro atoms. The van der Waals surface area contributed by atoms with Gasteiger partial charge in [0.25, 0.3) is 0 Å². The number of imidazole rings is 1. The van der Waals surface area contributed by atoms with Gasteiger partial charge in [-0.05, 0) is 42.7 Å². The van der Waals surface area contributed by atoms with Gasteiger partial charge in [0.1, 0.15) is 21.5 Å². The number of H-pyrrole nitrogens is 1. The lowest BCUT2D eigenvalue weighted by atomic mass is 10.1. The molecule has 0 saturated carbocycles. The summed E-state index contributed by atoms with van der Waals surface area (Å²) in [6.07, 6.45) is 5.62. The summed E-state index contributed by atoms with van der Waals surface area (Å²) in [7, 11) is -2.93. The summed E-state index contributed by atoms with van der Waals surface area (Å²) in [6.45, 7) is 2.35. The number of piperidine rings is 1. The van der Waals surface area contributed by atoms with Gasteiger partial charge < -0.3 is 9.88 Å². The van der Waals surface area contributed by atoms with Gasteiger partial charge in [-0.3, -0.25) is 4.68 Å². The summed E-state index contributed by atoms with van der Waals surface area (Å²) in [5.74, 6) is 0.711. The van der Waals surface area contributed by atoms with Crippen LogP contribution in [-0.4, -0.2) is 64.7 Å². The van der Waals surface area contributed by atoms with Crippen molar-refractivity contribution in [2.75, 3.05) is 31.6 Å². The van der Waals surface area contributed by atoms with Gasteiger partial charge in [-0.15, -0.1) is 0 Å². The number of fused-ring (bicyclic) bond motifs is 1. The third kappa shape index (κ3) is 5.20. The van der Waals surface area contributed by atoms with Crippen LogP contribution in [0.15, 0.2) is 54.7 Å². The summed E-state index contributed by atoms with van der Waals surface area (Å²) in [4.78, 5) is 10.1. The number of rotatable bonds is 7. The number of aromatic amines is 1. The Morgan fingerprint density at radius 2 is 1.91 bits per heavy atom. The van der Waals surface area contributed by atoms with Crippen LogP contribution in [0.25, 0.3) is 22.3 Å². The number of hydrogen-bond acceptors (Lipinski definition) is 5. The van der Waals surface area contributed by atoms with Gasteiger partial charge >= 0.3 is 0 Å². The van der Waals surface area contributed by atoms with E-state index in [0.29, 0.717) is 24.6 Å². The highest BCUT2D eigenvalue weighted by atomic mass is 32.2. The molecule has 0 unspecified atom stereocenters. The van der Waals surface area contributed by atoms with Crippen LogP contribution in [0.1, 0.15) is 30.3 Å². The fourth-order valence-corrected chi connectivity index (χ4v) is 5.12. The van der Waals surface area contributed by atoms with Crippen LogP contribution in [0, 0.1) is 5.82 Å². The lowest BCUT2D eigenvalue weighted by Crippen LogP contribution is -2.37. The van der Waals surface area contributed by atoms with Crippen LogP contribution < -0.4 is 0 Å². The molecule has 5 rings (SSSR count). The number of halogens is 1. The summed E-state index contributed by atoms with van der Waals surface area (Å²) in [5.41, 5.74) is 4.25. The minimum absolute atomic E-state index is 0.210. The fraction of sp³-hybridized carbons (Fsp3) is 0.360. The Hall–Kier alpha value is -3.04. The number of likely N-dealkylation sites (tertiary alicyclic amines) is 1. The maximum atomic E-state index is 14.0. The molecule has 2 aromatic heterocycles. The Bertz CT molecular complexity index is 1400. The summed E-state index contributed by atoms with van der Waals surface area (Å²) >= 11 is 0. The molecule has 1 fully saturated rings.